The minimum atomic E-state index is -4.78. The second-order valence-corrected chi connectivity index (χ2v) is 7.90. The van der Waals surface area contributed by atoms with Crippen molar-refractivity contribution in [1.29, 1.82) is 0 Å². The van der Waals surface area contributed by atoms with Crippen molar-refractivity contribution in [2.45, 2.75) is 17.7 Å². The molecule has 1 N–H and O–H groups in total. The standard InChI is InChI=1S/C16H10ClF3N2O5S/c17-12-5-4-10(6-14(12)22(24)25)28(26,27)21-7-9(8-23)15-11(16(18,19)20)2-1-3-13(15)21/h1-7,23H,8H2. The Labute approximate surface area is 160 Å². The molecule has 0 radical (unpaired) electrons. The van der Waals surface area contributed by atoms with Crippen LogP contribution in [0.25, 0.3) is 10.9 Å². The fourth-order valence-corrected chi connectivity index (χ4v) is 4.39. The van der Waals surface area contributed by atoms with E-state index in [9.17, 15) is 36.8 Å². The van der Waals surface area contributed by atoms with Crippen LogP contribution in [0.4, 0.5) is 18.9 Å². The van der Waals surface area contributed by atoms with Crippen molar-refractivity contribution in [2.75, 3.05) is 0 Å². The summed E-state index contributed by atoms with van der Waals surface area (Å²) in [5.74, 6) is 0. The highest BCUT2D eigenvalue weighted by Crippen LogP contribution is 2.38. The number of alkyl halides is 3. The first-order chi connectivity index (χ1) is 13.0. The predicted molar refractivity (Wildman–Crippen MR) is 93.6 cm³/mol. The maximum absolute atomic E-state index is 13.3. The molecular weight excluding hydrogens is 425 g/mol. The van der Waals surface area contributed by atoms with Crippen molar-refractivity contribution in [1.82, 2.24) is 3.97 Å². The lowest BCUT2D eigenvalue weighted by molar-refractivity contribution is -0.384. The molecule has 1 heterocycles. The quantitative estimate of drug-likeness (QED) is 0.494. The van der Waals surface area contributed by atoms with Crippen molar-refractivity contribution in [3.05, 3.63) is 68.9 Å². The second-order valence-electron chi connectivity index (χ2n) is 5.68. The number of halogens is 4. The van der Waals surface area contributed by atoms with Gasteiger partial charge < -0.3 is 5.11 Å². The molecule has 0 aliphatic heterocycles. The van der Waals surface area contributed by atoms with Gasteiger partial charge in [0, 0.05) is 23.2 Å². The van der Waals surface area contributed by atoms with Gasteiger partial charge in [-0.2, -0.15) is 13.2 Å². The lowest BCUT2D eigenvalue weighted by atomic mass is 10.1. The molecule has 0 bridgehead atoms. The van der Waals surface area contributed by atoms with Crippen LogP contribution in [0.5, 0.6) is 0 Å². The SMILES string of the molecule is O=[N+]([O-])c1cc(S(=O)(=O)n2cc(CO)c3c(C(F)(F)F)cccc32)ccc1Cl. The first-order valence-electron chi connectivity index (χ1n) is 7.49. The molecule has 0 aliphatic rings. The van der Waals surface area contributed by atoms with E-state index in [2.05, 4.69) is 0 Å². The Morgan fingerprint density at radius 3 is 2.46 bits per heavy atom. The number of benzene rings is 2. The number of aromatic nitrogens is 1. The maximum Gasteiger partial charge on any atom is 0.417 e. The minimum absolute atomic E-state index is 0.255. The number of hydrogen-bond donors (Lipinski definition) is 1. The highest BCUT2D eigenvalue weighted by atomic mass is 35.5. The van der Waals surface area contributed by atoms with Gasteiger partial charge in [0.2, 0.25) is 0 Å². The van der Waals surface area contributed by atoms with Crippen LogP contribution >= 0.6 is 11.6 Å². The summed E-state index contributed by atoms with van der Waals surface area (Å²) in [5.41, 5.74) is -2.35. The normalized spacial score (nSPS) is 12.5. The number of aliphatic hydroxyl groups excluding tert-OH is 1. The van der Waals surface area contributed by atoms with E-state index in [1.54, 1.807) is 0 Å². The third-order valence-corrected chi connectivity index (χ3v) is 6.01. The summed E-state index contributed by atoms with van der Waals surface area (Å²) in [6.07, 6.45) is -3.92. The van der Waals surface area contributed by atoms with Crippen molar-refractivity contribution >= 4 is 38.2 Å². The highest BCUT2D eigenvalue weighted by molar-refractivity contribution is 7.90. The average molecular weight is 435 g/mol. The smallest absolute Gasteiger partial charge is 0.392 e. The Balaban J connectivity index is 2.33. The monoisotopic (exact) mass is 434 g/mol. The highest BCUT2D eigenvalue weighted by Gasteiger charge is 2.35. The molecule has 0 saturated heterocycles. The molecule has 3 rings (SSSR count). The van der Waals surface area contributed by atoms with Gasteiger partial charge in [0.15, 0.2) is 0 Å². The largest absolute Gasteiger partial charge is 0.417 e. The van der Waals surface area contributed by atoms with E-state index in [0.717, 1.165) is 42.6 Å². The van der Waals surface area contributed by atoms with Gasteiger partial charge in [-0.05, 0) is 24.3 Å². The van der Waals surface area contributed by atoms with E-state index in [4.69, 9.17) is 11.6 Å². The number of nitro benzene ring substituents is 1. The molecule has 148 valence electrons. The molecule has 12 heteroatoms. The van der Waals surface area contributed by atoms with E-state index in [1.165, 1.54) is 0 Å². The summed E-state index contributed by atoms with van der Waals surface area (Å²) in [4.78, 5) is 9.60. The van der Waals surface area contributed by atoms with Crippen molar-refractivity contribution in [2.24, 2.45) is 0 Å². The Morgan fingerprint density at radius 2 is 1.89 bits per heavy atom. The second kappa shape index (κ2) is 6.76. The molecule has 1 aromatic heterocycles. The summed E-state index contributed by atoms with van der Waals surface area (Å²) in [6, 6.07) is 5.67. The first-order valence-corrected chi connectivity index (χ1v) is 9.31. The number of aliphatic hydroxyl groups is 1. The van der Waals surface area contributed by atoms with Crippen LogP contribution in [-0.2, 0) is 22.8 Å². The molecule has 0 aliphatic carbocycles. The summed E-state index contributed by atoms with van der Waals surface area (Å²) in [5, 5.41) is 19.7. The molecule has 0 saturated carbocycles. The van der Waals surface area contributed by atoms with Gasteiger partial charge >= 0.3 is 6.18 Å². The van der Waals surface area contributed by atoms with Crippen LogP contribution < -0.4 is 0 Å². The Morgan fingerprint density at radius 1 is 1.21 bits per heavy atom. The van der Waals surface area contributed by atoms with Gasteiger partial charge in [0.25, 0.3) is 15.7 Å². The van der Waals surface area contributed by atoms with Gasteiger partial charge in [0.1, 0.15) is 5.02 Å². The molecule has 0 amide bonds. The topological polar surface area (TPSA) is 102 Å². The van der Waals surface area contributed by atoms with Crippen LogP contribution in [0.1, 0.15) is 11.1 Å². The molecule has 0 fully saturated rings. The molecule has 7 nitrogen and oxygen atoms in total. The fraction of sp³-hybridized carbons (Fsp3) is 0.125. The molecule has 0 atom stereocenters. The summed E-state index contributed by atoms with van der Waals surface area (Å²) >= 11 is 5.68. The van der Waals surface area contributed by atoms with Crippen molar-refractivity contribution < 1.29 is 31.6 Å². The van der Waals surface area contributed by atoms with Crippen LogP contribution in [0, 0.1) is 10.1 Å². The Bertz CT molecular complexity index is 1200. The van der Waals surface area contributed by atoms with Crippen molar-refractivity contribution in [3.8, 4) is 0 Å². The van der Waals surface area contributed by atoms with E-state index in [-0.39, 0.29) is 16.1 Å². The zero-order chi connectivity index (χ0) is 20.9. The van der Waals surface area contributed by atoms with Crippen LogP contribution in [0.15, 0.2) is 47.5 Å². The number of rotatable bonds is 4. The van der Waals surface area contributed by atoms with E-state index in [0.29, 0.717) is 3.97 Å². The Hall–Kier alpha value is -2.63. The molecule has 28 heavy (non-hydrogen) atoms. The number of fused-ring (bicyclic) bond motifs is 1. The molecule has 2 aromatic carbocycles. The predicted octanol–water partition coefficient (Wildman–Crippen LogP) is 3.95. The lowest BCUT2D eigenvalue weighted by Crippen LogP contribution is -2.12. The zero-order valence-corrected chi connectivity index (χ0v) is 15.2. The van der Waals surface area contributed by atoms with Crippen molar-refractivity contribution in [3.63, 3.8) is 0 Å². The lowest BCUT2D eigenvalue weighted by Gasteiger charge is -2.11. The van der Waals surface area contributed by atoms with Crippen LogP contribution in [-0.4, -0.2) is 22.4 Å². The van der Waals surface area contributed by atoms with Gasteiger partial charge in [-0.1, -0.05) is 17.7 Å². The van der Waals surface area contributed by atoms with Gasteiger partial charge in [0.05, 0.1) is 27.5 Å². The molecule has 0 unspecified atom stereocenters. The number of nitro groups is 1. The molecular formula is C16H10ClF3N2O5S. The Kier molecular flexibility index (Phi) is 4.86. The van der Waals surface area contributed by atoms with E-state index in [1.807, 2.05) is 0 Å². The molecule has 3 aromatic rings. The van der Waals surface area contributed by atoms with Crippen LogP contribution in [0.3, 0.4) is 0 Å². The minimum Gasteiger partial charge on any atom is -0.392 e. The average Bonchev–Trinajstić information content (AvgIpc) is 3.00. The third-order valence-electron chi connectivity index (χ3n) is 4.02. The van der Waals surface area contributed by atoms with E-state index < -0.39 is 49.3 Å². The van der Waals surface area contributed by atoms with Crippen LogP contribution in [0.2, 0.25) is 5.02 Å². The summed E-state index contributed by atoms with van der Waals surface area (Å²) in [6.45, 7) is -0.840. The fourth-order valence-electron chi connectivity index (χ4n) is 2.80. The summed E-state index contributed by atoms with van der Waals surface area (Å²) in [7, 11) is -4.51. The van der Waals surface area contributed by atoms with Gasteiger partial charge in [-0.25, -0.2) is 12.4 Å². The summed E-state index contributed by atoms with van der Waals surface area (Å²) < 4.78 is 66.4. The number of nitrogens with zero attached hydrogens (tertiary/aromatic N) is 2. The number of hydrogen-bond acceptors (Lipinski definition) is 5. The van der Waals surface area contributed by atoms with Gasteiger partial charge in [-0.15, -0.1) is 0 Å². The maximum atomic E-state index is 13.3. The first kappa shape index (κ1) is 20.1. The van der Waals surface area contributed by atoms with E-state index >= 15 is 0 Å². The molecule has 0 spiro atoms. The van der Waals surface area contributed by atoms with Gasteiger partial charge in [-0.3, -0.25) is 10.1 Å². The zero-order valence-electron chi connectivity index (χ0n) is 13.6. The third kappa shape index (κ3) is 3.21.